The van der Waals surface area contributed by atoms with E-state index in [0.717, 1.165) is 40.2 Å². The highest BCUT2D eigenvalue weighted by atomic mass is 16.5. The number of para-hydroxylation sites is 1. The number of benzene rings is 2. The number of hydrogen-bond donors (Lipinski definition) is 1. The topological polar surface area (TPSA) is 64.1 Å². The lowest BCUT2D eigenvalue weighted by Crippen LogP contribution is -2.32. The number of fused-ring (bicyclic) bond motifs is 2. The van der Waals surface area contributed by atoms with Crippen LogP contribution in [0.3, 0.4) is 0 Å². The molecule has 5 heteroatoms. The minimum Gasteiger partial charge on any atom is -0.493 e. The Morgan fingerprint density at radius 1 is 1.08 bits per heavy atom. The normalized spacial score (nSPS) is 16.2. The van der Waals surface area contributed by atoms with Crippen molar-refractivity contribution >= 4 is 16.9 Å². The molecule has 0 radical (unpaired) electrons. The maximum Gasteiger partial charge on any atom is 0.251 e. The molecular weight excluding hydrogens is 314 g/mol. The van der Waals surface area contributed by atoms with Gasteiger partial charge in [-0.2, -0.15) is 0 Å². The van der Waals surface area contributed by atoms with Crippen molar-refractivity contribution in [2.75, 3.05) is 6.61 Å². The third-order valence-electron chi connectivity index (χ3n) is 4.60. The van der Waals surface area contributed by atoms with E-state index in [0.29, 0.717) is 12.2 Å². The smallest absolute Gasteiger partial charge is 0.251 e. The van der Waals surface area contributed by atoms with E-state index in [4.69, 9.17) is 4.74 Å². The van der Waals surface area contributed by atoms with Gasteiger partial charge in [0.2, 0.25) is 0 Å². The summed E-state index contributed by atoms with van der Waals surface area (Å²) < 4.78 is 5.65. The average molecular weight is 333 g/mol. The predicted octanol–water partition coefficient (Wildman–Crippen LogP) is 3.50. The molecule has 2 heterocycles. The second-order valence-electron chi connectivity index (χ2n) is 6.30. The molecule has 1 atom stereocenters. The molecule has 0 spiro atoms. The van der Waals surface area contributed by atoms with Crippen LogP contribution in [-0.4, -0.2) is 22.5 Å². The number of nitrogens with one attached hydrogen (secondary N) is 1. The summed E-state index contributed by atoms with van der Waals surface area (Å²) in [5.41, 5.74) is 4.94. The largest absolute Gasteiger partial charge is 0.493 e. The number of hydrogen-bond acceptors (Lipinski definition) is 4. The number of amides is 1. The van der Waals surface area contributed by atoms with Gasteiger partial charge >= 0.3 is 0 Å². The maximum absolute atomic E-state index is 12.7. The number of carbonyl (C=O) groups excluding carboxylic acids is 1. The number of carbonyl (C=O) groups is 1. The number of aryl methyl sites for hydroxylation is 2. The monoisotopic (exact) mass is 333 g/mol. The lowest BCUT2D eigenvalue weighted by Gasteiger charge is -2.26. The van der Waals surface area contributed by atoms with Gasteiger partial charge in [-0.05, 0) is 38.1 Å². The third-order valence-corrected chi connectivity index (χ3v) is 4.60. The van der Waals surface area contributed by atoms with Crippen molar-refractivity contribution in [3.63, 3.8) is 0 Å². The van der Waals surface area contributed by atoms with Crippen molar-refractivity contribution < 1.29 is 9.53 Å². The highest BCUT2D eigenvalue weighted by Crippen LogP contribution is 2.31. The van der Waals surface area contributed by atoms with E-state index in [9.17, 15) is 4.79 Å². The molecule has 2 aromatic carbocycles. The van der Waals surface area contributed by atoms with Crippen LogP contribution < -0.4 is 10.1 Å². The predicted molar refractivity (Wildman–Crippen MR) is 95.8 cm³/mol. The first-order valence-electron chi connectivity index (χ1n) is 8.39. The summed E-state index contributed by atoms with van der Waals surface area (Å²) in [4.78, 5) is 21.8. The fourth-order valence-corrected chi connectivity index (χ4v) is 3.11. The zero-order chi connectivity index (χ0) is 17.4. The van der Waals surface area contributed by atoms with Crippen LogP contribution in [-0.2, 0) is 0 Å². The Hall–Kier alpha value is -2.95. The van der Waals surface area contributed by atoms with Gasteiger partial charge in [-0.25, -0.2) is 9.97 Å². The van der Waals surface area contributed by atoms with E-state index in [2.05, 4.69) is 15.3 Å². The van der Waals surface area contributed by atoms with E-state index in [1.54, 1.807) is 12.1 Å². The van der Waals surface area contributed by atoms with E-state index >= 15 is 0 Å². The average Bonchev–Trinajstić information content (AvgIpc) is 2.62. The molecule has 4 rings (SSSR count). The van der Waals surface area contributed by atoms with Gasteiger partial charge in [-0.1, -0.05) is 18.2 Å². The first kappa shape index (κ1) is 15.6. The van der Waals surface area contributed by atoms with Gasteiger partial charge in [-0.3, -0.25) is 4.79 Å². The third kappa shape index (κ3) is 2.93. The summed E-state index contributed by atoms with van der Waals surface area (Å²) in [7, 11) is 0. The van der Waals surface area contributed by atoms with Crippen LogP contribution in [0.4, 0.5) is 0 Å². The molecular formula is C20H19N3O2. The van der Waals surface area contributed by atoms with Crippen LogP contribution in [0.25, 0.3) is 11.0 Å². The molecule has 0 saturated carbocycles. The Bertz CT molecular complexity index is 968. The number of ether oxygens (including phenoxy) is 1. The van der Waals surface area contributed by atoms with Crippen LogP contribution in [0, 0.1) is 13.8 Å². The molecule has 1 aromatic heterocycles. The summed E-state index contributed by atoms with van der Waals surface area (Å²) in [6.07, 6.45) is 0.758. The fourth-order valence-electron chi connectivity index (χ4n) is 3.11. The molecule has 5 nitrogen and oxygen atoms in total. The van der Waals surface area contributed by atoms with Gasteiger partial charge in [0.05, 0.1) is 35.1 Å². The Kier molecular flexibility index (Phi) is 3.84. The summed E-state index contributed by atoms with van der Waals surface area (Å²) in [5.74, 6) is 0.734. The van der Waals surface area contributed by atoms with Gasteiger partial charge in [0.15, 0.2) is 0 Å². The highest BCUT2D eigenvalue weighted by Gasteiger charge is 2.23. The van der Waals surface area contributed by atoms with Gasteiger partial charge in [0.1, 0.15) is 5.75 Å². The van der Waals surface area contributed by atoms with E-state index in [-0.39, 0.29) is 11.9 Å². The Morgan fingerprint density at radius 2 is 1.84 bits per heavy atom. The van der Waals surface area contributed by atoms with Crippen molar-refractivity contribution in [3.8, 4) is 5.75 Å². The van der Waals surface area contributed by atoms with Gasteiger partial charge in [0, 0.05) is 17.5 Å². The lowest BCUT2D eigenvalue weighted by atomic mass is 10.00. The van der Waals surface area contributed by atoms with Gasteiger partial charge in [-0.15, -0.1) is 0 Å². The van der Waals surface area contributed by atoms with Gasteiger partial charge < -0.3 is 10.1 Å². The molecule has 0 fully saturated rings. The second kappa shape index (κ2) is 6.16. The fraction of sp³-hybridized carbons (Fsp3) is 0.250. The SMILES string of the molecule is Cc1nc2ccc(C(=O)NC3CCOc4ccccc43)cc2nc1C. The Labute approximate surface area is 146 Å². The summed E-state index contributed by atoms with van der Waals surface area (Å²) in [6, 6.07) is 13.2. The van der Waals surface area contributed by atoms with E-state index in [1.165, 1.54) is 0 Å². The molecule has 0 aliphatic carbocycles. The molecule has 1 aliphatic heterocycles. The van der Waals surface area contributed by atoms with Crippen LogP contribution in [0.2, 0.25) is 0 Å². The molecule has 3 aromatic rings. The zero-order valence-electron chi connectivity index (χ0n) is 14.2. The molecule has 1 unspecified atom stereocenters. The number of nitrogens with zero attached hydrogens (tertiary/aromatic N) is 2. The Balaban J connectivity index is 1.62. The van der Waals surface area contributed by atoms with Gasteiger partial charge in [0.25, 0.3) is 5.91 Å². The number of rotatable bonds is 2. The van der Waals surface area contributed by atoms with Crippen molar-refractivity contribution in [1.82, 2.24) is 15.3 Å². The van der Waals surface area contributed by atoms with Crippen molar-refractivity contribution in [2.24, 2.45) is 0 Å². The van der Waals surface area contributed by atoms with E-state index in [1.807, 2.05) is 44.2 Å². The molecule has 1 N–H and O–H groups in total. The highest BCUT2D eigenvalue weighted by molar-refractivity contribution is 5.97. The molecule has 1 amide bonds. The zero-order valence-corrected chi connectivity index (χ0v) is 14.2. The van der Waals surface area contributed by atoms with Crippen LogP contribution in [0.1, 0.15) is 39.8 Å². The molecule has 0 bridgehead atoms. The molecule has 126 valence electrons. The van der Waals surface area contributed by atoms with Crippen LogP contribution >= 0.6 is 0 Å². The standard InChI is InChI=1S/C20H19N3O2/c1-12-13(2)22-18-11-14(7-8-17(18)21-12)20(24)23-16-9-10-25-19-6-4-3-5-15(16)19/h3-8,11,16H,9-10H2,1-2H3,(H,23,24). The van der Waals surface area contributed by atoms with Crippen LogP contribution in [0.15, 0.2) is 42.5 Å². The van der Waals surface area contributed by atoms with E-state index < -0.39 is 0 Å². The first-order valence-corrected chi connectivity index (χ1v) is 8.39. The first-order chi connectivity index (χ1) is 12.1. The quantitative estimate of drug-likeness (QED) is 0.779. The van der Waals surface area contributed by atoms with Crippen molar-refractivity contribution in [2.45, 2.75) is 26.3 Å². The number of aromatic nitrogens is 2. The summed E-state index contributed by atoms with van der Waals surface area (Å²) >= 11 is 0. The molecule has 1 aliphatic rings. The maximum atomic E-state index is 12.7. The Morgan fingerprint density at radius 3 is 2.68 bits per heavy atom. The van der Waals surface area contributed by atoms with Crippen molar-refractivity contribution in [1.29, 1.82) is 0 Å². The second-order valence-corrected chi connectivity index (χ2v) is 6.30. The summed E-state index contributed by atoms with van der Waals surface area (Å²) in [5, 5.41) is 3.11. The summed E-state index contributed by atoms with van der Waals surface area (Å²) in [6.45, 7) is 4.46. The minimum atomic E-state index is -0.108. The van der Waals surface area contributed by atoms with Crippen LogP contribution in [0.5, 0.6) is 5.75 Å². The molecule has 25 heavy (non-hydrogen) atoms. The molecule has 0 saturated heterocycles. The lowest BCUT2D eigenvalue weighted by molar-refractivity contribution is 0.0925. The van der Waals surface area contributed by atoms with Crippen molar-refractivity contribution in [3.05, 3.63) is 65.0 Å². The minimum absolute atomic E-state index is 0.0426.